The van der Waals surface area contributed by atoms with E-state index in [4.69, 9.17) is 16.9 Å². The van der Waals surface area contributed by atoms with Crippen LogP contribution in [-0.4, -0.2) is 16.1 Å². The van der Waals surface area contributed by atoms with Crippen LogP contribution in [-0.2, 0) is 4.79 Å². The monoisotopic (exact) mass is 223 g/mol. The topological polar surface area (TPSA) is 82.8 Å². The molecule has 5 nitrogen and oxygen atoms in total. The minimum atomic E-state index is -0.701. The predicted molar refractivity (Wildman–Crippen MR) is 53.4 cm³/mol. The number of halogens is 1. The summed E-state index contributed by atoms with van der Waals surface area (Å²) in [6.45, 7) is 1.30. The van der Waals surface area contributed by atoms with E-state index in [9.17, 15) is 9.59 Å². The maximum Gasteiger partial charge on any atom is 0.253 e. The lowest BCUT2D eigenvalue weighted by Crippen LogP contribution is -2.09. The molecule has 0 radical (unpaired) electrons. The molecule has 1 rings (SSSR count). The number of rotatable bonds is 2. The van der Waals surface area contributed by atoms with E-state index in [1.54, 1.807) is 0 Å². The van der Waals surface area contributed by atoms with Crippen molar-refractivity contribution in [1.29, 1.82) is 5.26 Å². The molecule has 0 saturated heterocycles. The van der Waals surface area contributed by atoms with Crippen LogP contribution in [0.15, 0.2) is 12.3 Å². The molecule has 1 heterocycles. The van der Waals surface area contributed by atoms with E-state index in [1.165, 1.54) is 19.2 Å². The molecule has 0 aliphatic heterocycles. The number of aromatic nitrogens is 1. The van der Waals surface area contributed by atoms with Crippen molar-refractivity contribution in [1.82, 2.24) is 4.98 Å². The molecular weight excluding hydrogens is 218 g/mol. The van der Waals surface area contributed by atoms with Crippen molar-refractivity contribution in [2.75, 3.05) is 5.32 Å². The highest BCUT2D eigenvalue weighted by Crippen LogP contribution is 2.14. The lowest BCUT2D eigenvalue weighted by atomic mass is 10.2. The van der Waals surface area contributed by atoms with Crippen molar-refractivity contribution in [2.45, 2.75) is 6.92 Å². The standard InChI is InChI=1S/C9H6ClN3O2/c1-5(14)13-9-6(3-11)2-7(4-12-9)8(10)15/h2,4H,1H3,(H,12,13,14). The Kier molecular flexibility index (Phi) is 3.37. The number of hydrogen-bond acceptors (Lipinski definition) is 4. The second kappa shape index (κ2) is 4.53. The van der Waals surface area contributed by atoms with Gasteiger partial charge in [0.1, 0.15) is 6.07 Å². The summed E-state index contributed by atoms with van der Waals surface area (Å²) >= 11 is 5.21. The third-order valence-corrected chi connectivity index (χ3v) is 1.75. The van der Waals surface area contributed by atoms with Gasteiger partial charge in [0, 0.05) is 13.1 Å². The number of amides is 1. The van der Waals surface area contributed by atoms with Crippen molar-refractivity contribution in [2.24, 2.45) is 0 Å². The molecule has 0 saturated carbocycles. The van der Waals surface area contributed by atoms with Crippen LogP contribution in [0.4, 0.5) is 5.82 Å². The molecule has 0 unspecified atom stereocenters. The van der Waals surface area contributed by atoms with Gasteiger partial charge < -0.3 is 5.32 Å². The summed E-state index contributed by atoms with van der Waals surface area (Å²) in [4.78, 5) is 25.3. The molecule has 1 aromatic heterocycles. The Morgan fingerprint density at radius 2 is 2.27 bits per heavy atom. The summed E-state index contributed by atoms with van der Waals surface area (Å²) in [5.74, 6) is -0.226. The number of nitriles is 1. The summed E-state index contributed by atoms with van der Waals surface area (Å²) in [6.07, 6.45) is 1.20. The van der Waals surface area contributed by atoms with Crippen LogP contribution in [0.3, 0.4) is 0 Å². The van der Waals surface area contributed by atoms with E-state index < -0.39 is 5.24 Å². The average Bonchev–Trinajstić information content (AvgIpc) is 2.17. The third-order valence-electron chi connectivity index (χ3n) is 1.53. The summed E-state index contributed by atoms with van der Waals surface area (Å²) < 4.78 is 0. The second-order valence-electron chi connectivity index (χ2n) is 2.69. The Bertz CT molecular complexity index is 465. The first-order chi connectivity index (χ1) is 7.04. The van der Waals surface area contributed by atoms with Crippen LogP contribution in [0.5, 0.6) is 0 Å². The first-order valence-corrected chi connectivity index (χ1v) is 4.30. The van der Waals surface area contributed by atoms with Crippen molar-refractivity contribution < 1.29 is 9.59 Å². The highest BCUT2D eigenvalue weighted by molar-refractivity contribution is 6.67. The molecule has 0 aromatic carbocycles. The summed E-state index contributed by atoms with van der Waals surface area (Å²) in [7, 11) is 0. The van der Waals surface area contributed by atoms with Crippen LogP contribution in [0.1, 0.15) is 22.8 Å². The average molecular weight is 224 g/mol. The fourth-order valence-electron chi connectivity index (χ4n) is 0.924. The van der Waals surface area contributed by atoms with Gasteiger partial charge in [-0.15, -0.1) is 0 Å². The maximum absolute atomic E-state index is 10.8. The van der Waals surface area contributed by atoms with Gasteiger partial charge in [-0.25, -0.2) is 4.98 Å². The second-order valence-corrected chi connectivity index (χ2v) is 3.03. The molecule has 15 heavy (non-hydrogen) atoms. The largest absolute Gasteiger partial charge is 0.310 e. The Morgan fingerprint density at radius 3 is 2.73 bits per heavy atom. The number of pyridine rings is 1. The Balaban J connectivity index is 3.16. The van der Waals surface area contributed by atoms with Gasteiger partial charge in [0.15, 0.2) is 5.82 Å². The summed E-state index contributed by atoms with van der Waals surface area (Å²) in [5, 5.41) is 10.4. The molecule has 0 bridgehead atoms. The number of nitrogens with one attached hydrogen (secondary N) is 1. The molecule has 1 N–H and O–H groups in total. The summed E-state index contributed by atoms with van der Waals surface area (Å²) in [6, 6.07) is 3.08. The van der Waals surface area contributed by atoms with E-state index >= 15 is 0 Å². The van der Waals surface area contributed by atoms with Gasteiger partial charge >= 0.3 is 0 Å². The van der Waals surface area contributed by atoms with Crippen molar-refractivity contribution in [3.8, 4) is 6.07 Å². The van der Waals surface area contributed by atoms with Gasteiger partial charge in [-0.3, -0.25) is 9.59 Å². The highest BCUT2D eigenvalue weighted by Gasteiger charge is 2.09. The number of carbonyl (C=O) groups excluding carboxylic acids is 2. The van der Waals surface area contributed by atoms with Crippen LogP contribution in [0.25, 0.3) is 0 Å². The Hall–Kier alpha value is -1.93. The molecule has 0 atom stereocenters. The van der Waals surface area contributed by atoms with Gasteiger partial charge in [0.05, 0.1) is 11.1 Å². The first-order valence-electron chi connectivity index (χ1n) is 3.92. The lowest BCUT2D eigenvalue weighted by molar-refractivity contribution is -0.114. The van der Waals surface area contributed by atoms with Gasteiger partial charge in [0.25, 0.3) is 5.24 Å². The number of hydrogen-bond donors (Lipinski definition) is 1. The van der Waals surface area contributed by atoms with Crippen molar-refractivity contribution >= 4 is 28.6 Å². The SMILES string of the molecule is CC(=O)Nc1ncc(C(=O)Cl)cc1C#N. The number of carbonyl (C=O) groups is 2. The third kappa shape index (κ3) is 2.76. The molecule has 6 heteroatoms. The number of nitrogens with zero attached hydrogens (tertiary/aromatic N) is 2. The van der Waals surface area contributed by atoms with Crippen molar-refractivity contribution in [3.63, 3.8) is 0 Å². The zero-order valence-corrected chi connectivity index (χ0v) is 8.50. The molecule has 1 aromatic rings. The van der Waals surface area contributed by atoms with Gasteiger partial charge in [-0.05, 0) is 17.7 Å². The molecular formula is C9H6ClN3O2. The van der Waals surface area contributed by atoms with E-state index in [2.05, 4.69) is 10.3 Å². The highest BCUT2D eigenvalue weighted by atomic mass is 35.5. The Labute approximate surface area is 90.7 Å². The molecule has 1 amide bonds. The predicted octanol–water partition coefficient (Wildman–Crippen LogP) is 1.29. The normalized spacial score (nSPS) is 9.13. The van der Waals surface area contributed by atoms with Gasteiger partial charge in [-0.2, -0.15) is 5.26 Å². The molecule has 76 valence electrons. The van der Waals surface area contributed by atoms with Crippen molar-refractivity contribution in [3.05, 3.63) is 23.4 Å². The fourth-order valence-corrected chi connectivity index (χ4v) is 1.03. The van der Waals surface area contributed by atoms with Gasteiger partial charge in [-0.1, -0.05) is 0 Å². The van der Waals surface area contributed by atoms with E-state index in [0.29, 0.717) is 0 Å². The van der Waals surface area contributed by atoms with Crippen LogP contribution in [0, 0.1) is 11.3 Å². The minimum absolute atomic E-state index is 0.0942. The first kappa shape index (κ1) is 11.1. The zero-order valence-electron chi connectivity index (χ0n) is 7.74. The fraction of sp³-hybridized carbons (Fsp3) is 0.111. The lowest BCUT2D eigenvalue weighted by Gasteiger charge is -2.03. The number of anilines is 1. The van der Waals surface area contributed by atoms with Crippen LogP contribution in [0.2, 0.25) is 0 Å². The smallest absolute Gasteiger partial charge is 0.253 e. The van der Waals surface area contributed by atoms with E-state index in [-0.39, 0.29) is 22.9 Å². The van der Waals surface area contributed by atoms with E-state index in [1.807, 2.05) is 6.07 Å². The molecule has 0 aliphatic rings. The Morgan fingerprint density at radius 1 is 1.60 bits per heavy atom. The van der Waals surface area contributed by atoms with Crippen LogP contribution < -0.4 is 5.32 Å². The molecule has 0 aliphatic carbocycles. The van der Waals surface area contributed by atoms with E-state index in [0.717, 1.165) is 0 Å². The summed E-state index contributed by atoms with van der Waals surface area (Å²) in [5.41, 5.74) is 0.207. The minimum Gasteiger partial charge on any atom is -0.310 e. The quantitative estimate of drug-likeness (QED) is 0.766. The van der Waals surface area contributed by atoms with Gasteiger partial charge in [0.2, 0.25) is 5.91 Å². The van der Waals surface area contributed by atoms with Crippen LogP contribution >= 0.6 is 11.6 Å². The maximum atomic E-state index is 10.8. The molecule has 0 spiro atoms. The molecule has 0 fully saturated rings. The zero-order chi connectivity index (χ0) is 11.4.